The Hall–Kier alpha value is -1.66. The Kier molecular flexibility index (Phi) is 4.78. The molecule has 2 heterocycles. The summed E-state index contributed by atoms with van der Waals surface area (Å²) >= 11 is 1.37. The third-order valence-corrected chi connectivity index (χ3v) is 6.51. The molecule has 24 heavy (non-hydrogen) atoms. The Morgan fingerprint density at radius 1 is 1.29 bits per heavy atom. The largest absolute Gasteiger partial charge is 0.333 e. The first-order valence-electron chi connectivity index (χ1n) is 8.50. The molecule has 1 aliphatic heterocycles. The third kappa shape index (κ3) is 3.00. The number of carbonyl (C=O) groups is 2. The molecule has 2 N–H and O–H groups in total. The van der Waals surface area contributed by atoms with Crippen LogP contribution in [0.15, 0.2) is 12.1 Å². The molecule has 0 radical (unpaired) electrons. The number of hydroxylamine groups is 1. The van der Waals surface area contributed by atoms with Gasteiger partial charge >= 0.3 is 0 Å². The lowest BCUT2D eigenvalue weighted by molar-refractivity contribution is -0.143. The van der Waals surface area contributed by atoms with E-state index in [1.54, 1.807) is 11.5 Å². The van der Waals surface area contributed by atoms with Crippen LogP contribution in [0.25, 0.3) is 5.57 Å². The number of allylic oxidation sites excluding steroid dienone is 1. The summed E-state index contributed by atoms with van der Waals surface area (Å²) in [5.41, 5.74) is 3.50. The molecule has 3 rings (SSSR count). The number of amides is 2. The zero-order chi connectivity index (χ0) is 17.3. The van der Waals surface area contributed by atoms with Crippen molar-refractivity contribution in [2.24, 2.45) is 5.41 Å². The molecule has 0 saturated heterocycles. The van der Waals surface area contributed by atoms with E-state index in [9.17, 15) is 9.59 Å². The summed E-state index contributed by atoms with van der Waals surface area (Å²) in [6, 6.07) is 1.79. The van der Waals surface area contributed by atoms with Gasteiger partial charge in [0.25, 0.3) is 5.91 Å². The Labute approximate surface area is 146 Å². The van der Waals surface area contributed by atoms with Gasteiger partial charge in [-0.1, -0.05) is 32.3 Å². The Morgan fingerprint density at radius 2 is 2.00 bits per heavy atom. The van der Waals surface area contributed by atoms with Gasteiger partial charge in [-0.15, -0.1) is 11.3 Å². The minimum absolute atomic E-state index is 0.228. The van der Waals surface area contributed by atoms with Gasteiger partial charge in [0.15, 0.2) is 0 Å². The van der Waals surface area contributed by atoms with Crippen LogP contribution in [0.4, 0.5) is 0 Å². The van der Waals surface area contributed by atoms with Crippen LogP contribution in [0.2, 0.25) is 0 Å². The van der Waals surface area contributed by atoms with Crippen molar-refractivity contribution in [1.29, 1.82) is 0 Å². The molecule has 130 valence electrons. The first kappa shape index (κ1) is 17.2. The van der Waals surface area contributed by atoms with Crippen LogP contribution in [-0.2, 0) is 11.3 Å². The van der Waals surface area contributed by atoms with Crippen LogP contribution in [0.3, 0.4) is 0 Å². The maximum Gasteiger partial charge on any atom is 0.284 e. The Balaban J connectivity index is 1.87. The minimum Gasteiger partial charge on any atom is -0.333 e. The molecule has 2 aliphatic rings. The fourth-order valence-electron chi connectivity index (χ4n) is 3.82. The fraction of sp³-hybridized carbons (Fsp3) is 0.556. The van der Waals surface area contributed by atoms with Crippen molar-refractivity contribution < 1.29 is 14.8 Å². The van der Waals surface area contributed by atoms with Crippen molar-refractivity contribution in [3.8, 4) is 0 Å². The van der Waals surface area contributed by atoms with Gasteiger partial charge in [0.2, 0.25) is 5.91 Å². The number of fused-ring (bicyclic) bond motifs is 1. The molecule has 1 aromatic rings. The summed E-state index contributed by atoms with van der Waals surface area (Å²) in [5.74, 6) is -0.270. The highest BCUT2D eigenvalue weighted by atomic mass is 32.1. The van der Waals surface area contributed by atoms with E-state index in [4.69, 9.17) is 5.21 Å². The Morgan fingerprint density at radius 3 is 2.62 bits per heavy atom. The first-order chi connectivity index (χ1) is 11.5. The quantitative estimate of drug-likeness (QED) is 0.634. The molecule has 0 spiro atoms. The van der Waals surface area contributed by atoms with Crippen LogP contribution < -0.4 is 5.48 Å². The SMILES string of the molecule is C/C=C1/CN(C(=O)C2(C)CCCCC2)Cc2cc(C(=O)NO)sc21. The number of rotatable bonds is 2. The fourth-order valence-corrected chi connectivity index (χ4v) is 4.95. The molecule has 0 atom stereocenters. The molecular weight excluding hydrogens is 324 g/mol. The normalized spacial score (nSPS) is 21.5. The maximum atomic E-state index is 13.1. The summed E-state index contributed by atoms with van der Waals surface area (Å²) in [6.45, 7) is 5.19. The van der Waals surface area contributed by atoms with E-state index in [1.807, 2.05) is 17.9 Å². The lowest BCUT2D eigenvalue weighted by Crippen LogP contribution is -2.45. The van der Waals surface area contributed by atoms with Crippen LogP contribution in [0, 0.1) is 5.41 Å². The topological polar surface area (TPSA) is 69.6 Å². The van der Waals surface area contributed by atoms with E-state index >= 15 is 0 Å². The van der Waals surface area contributed by atoms with Gasteiger partial charge in [-0.25, -0.2) is 5.48 Å². The monoisotopic (exact) mass is 348 g/mol. The maximum absolute atomic E-state index is 13.1. The van der Waals surface area contributed by atoms with Gasteiger partial charge in [-0.3, -0.25) is 14.8 Å². The molecule has 2 amide bonds. The lowest BCUT2D eigenvalue weighted by atomic mass is 9.74. The van der Waals surface area contributed by atoms with Gasteiger partial charge in [0.1, 0.15) is 0 Å². The summed E-state index contributed by atoms with van der Waals surface area (Å²) in [7, 11) is 0. The lowest BCUT2D eigenvalue weighted by Gasteiger charge is -2.39. The summed E-state index contributed by atoms with van der Waals surface area (Å²) in [6.07, 6.45) is 7.40. The molecule has 1 aliphatic carbocycles. The van der Waals surface area contributed by atoms with Gasteiger partial charge in [0, 0.05) is 23.4 Å². The molecule has 1 aromatic heterocycles. The molecule has 0 bridgehead atoms. The summed E-state index contributed by atoms with van der Waals surface area (Å²) < 4.78 is 0. The third-order valence-electron chi connectivity index (χ3n) is 5.26. The number of hydrogen-bond donors (Lipinski definition) is 2. The zero-order valence-electron chi connectivity index (χ0n) is 14.2. The molecule has 6 heteroatoms. The van der Waals surface area contributed by atoms with Crippen LogP contribution >= 0.6 is 11.3 Å². The van der Waals surface area contributed by atoms with E-state index in [0.717, 1.165) is 41.7 Å². The highest BCUT2D eigenvalue weighted by molar-refractivity contribution is 7.15. The van der Waals surface area contributed by atoms with E-state index in [-0.39, 0.29) is 11.3 Å². The van der Waals surface area contributed by atoms with Crippen molar-refractivity contribution in [1.82, 2.24) is 10.4 Å². The summed E-state index contributed by atoms with van der Waals surface area (Å²) in [4.78, 5) is 28.3. The smallest absolute Gasteiger partial charge is 0.284 e. The van der Waals surface area contributed by atoms with Gasteiger partial charge < -0.3 is 4.90 Å². The van der Waals surface area contributed by atoms with Gasteiger partial charge in [0.05, 0.1) is 4.88 Å². The second-order valence-corrected chi connectivity index (χ2v) is 8.05. The van der Waals surface area contributed by atoms with Crippen molar-refractivity contribution in [2.45, 2.75) is 52.5 Å². The molecule has 0 unspecified atom stereocenters. The predicted molar refractivity (Wildman–Crippen MR) is 93.8 cm³/mol. The summed E-state index contributed by atoms with van der Waals surface area (Å²) in [5, 5.41) is 8.84. The number of nitrogens with zero attached hydrogens (tertiary/aromatic N) is 1. The van der Waals surface area contributed by atoms with Crippen molar-refractivity contribution in [3.05, 3.63) is 27.5 Å². The van der Waals surface area contributed by atoms with Crippen molar-refractivity contribution in [3.63, 3.8) is 0 Å². The first-order valence-corrected chi connectivity index (χ1v) is 9.32. The van der Waals surface area contributed by atoms with E-state index in [1.165, 1.54) is 17.8 Å². The molecule has 5 nitrogen and oxygen atoms in total. The highest BCUT2D eigenvalue weighted by Crippen LogP contribution is 2.41. The second-order valence-electron chi connectivity index (χ2n) is 7.00. The van der Waals surface area contributed by atoms with Gasteiger partial charge in [-0.05, 0) is 37.0 Å². The Bertz CT molecular complexity index is 686. The van der Waals surface area contributed by atoms with Crippen LogP contribution in [0.1, 0.15) is 66.1 Å². The van der Waals surface area contributed by atoms with Crippen molar-refractivity contribution >= 4 is 28.7 Å². The van der Waals surface area contributed by atoms with Crippen molar-refractivity contribution in [2.75, 3.05) is 6.54 Å². The zero-order valence-corrected chi connectivity index (χ0v) is 15.0. The van der Waals surface area contributed by atoms with Crippen LogP contribution in [-0.4, -0.2) is 28.5 Å². The average molecular weight is 348 g/mol. The van der Waals surface area contributed by atoms with E-state index in [0.29, 0.717) is 18.0 Å². The predicted octanol–water partition coefficient (Wildman–Crippen LogP) is 3.58. The number of carbonyl (C=O) groups excluding carboxylic acids is 2. The second kappa shape index (κ2) is 6.69. The highest BCUT2D eigenvalue weighted by Gasteiger charge is 2.39. The number of hydrogen-bond acceptors (Lipinski definition) is 4. The number of nitrogens with one attached hydrogen (secondary N) is 1. The minimum atomic E-state index is -0.498. The van der Waals surface area contributed by atoms with E-state index in [2.05, 4.69) is 6.92 Å². The molecule has 1 fully saturated rings. The van der Waals surface area contributed by atoms with Crippen LogP contribution in [0.5, 0.6) is 0 Å². The van der Waals surface area contributed by atoms with Gasteiger partial charge in [-0.2, -0.15) is 0 Å². The standard InChI is InChI=1S/C18H24N2O3S/c1-3-12-10-20(17(22)18(2)7-5-4-6-8-18)11-13-9-14(16(21)19-23)24-15(12)13/h3,9,23H,4-8,10-11H2,1-2H3,(H,19,21)/b12-3-. The molecular formula is C18H24N2O3S. The molecule has 1 saturated carbocycles. The van der Waals surface area contributed by atoms with E-state index < -0.39 is 5.91 Å². The number of thiophene rings is 1. The average Bonchev–Trinajstić information content (AvgIpc) is 3.04. The molecule has 0 aromatic carbocycles.